The molecule has 5 aliphatic rings. The summed E-state index contributed by atoms with van der Waals surface area (Å²) in [6.07, 6.45) is 8.81. The van der Waals surface area contributed by atoms with Crippen molar-refractivity contribution in [2.45, 2.75) is 50.4 Å². The maximum atomic E-state index is 13.7. The van der Waals surface area contributed by atoms with E-state index in [0.29, 0.717) is 43.5 Å². The van der Waals surface area contributed by atoms with Gasteiger partial charge in [-0.05, 0) is 79.7 Å². The molecule has 11 heteroatoms. The van der Waals surface area contributed by atoms with Crippen molar-refractivity contribution in [2.75, 3.05) is 50.8 Å². The van der Waals surface area contributed by atoms with Crippen LogP contribution in [0.1, 0.15) is 49.9 Å². The van der Waals surface area contributed by atoms with E-state index in [4.69, 9.17) is 25.8 Å². The second-order valence-corrected chi connectivity index (χ2v) is 15.5. The van der Waals surface area contributed by atoms with Crippen molar-refractivity contribution in [1.29, 1.82) is 0 Å². The number of aldehydes is 1. The van der Waals surface area contributed by atoms with Gasteiger partial charge in [0, 0.05) is 50.8 Å². The molecule has 1 aromatic rings. The molecule has 2 aliphatic heterocycles. The van der Waals surface area contributed by atoms with Crippen LogP contribution in [0.15, 0.2) is 55.2 Å². The highest BCUT2D eigenvalue weighted by Gasteiger charge is 2.72. The van der Waals surface area contributed by atoms with Crippen LogP contribution in [-0.2, 0) is 24.3 Å². The van der Waals surface area contributed by atoms with Crippen LogP contribution < -0.4 is 14.4 Å². The van der Waals surface area contributed by atoms with E-state index in [1.165, 1.54) is 7.11 Å². The molecule has 0 radical (unpaired) electrons. The molecule has 1 amide bonds. The Bertz CT molecular complexity index is 1470. The number of carbonyl (C=O) groups excluding carboxylic acids is 2. The Morgan fingerprint density at radius 2 is 2.04 bits per heavy atom. The van der Waals surface area contributed by atoms with Crippen molar-refractivity contribution in [3.8, 4) is 5.75 Å². The molecule has 4 bridgehead atoms. The number of benzene rings is 1. The normalized spacial score (nSPS) is 36.1. The predicted molar refractivity (Wildman–Crippen MR) is 175 cm³/mol. The van der Waals surface area contributed by atoms with Gasteiger partial charge in [0.15, 0.2) is 6.29 Å². The smallest absolute Gasteiger partial charge is 0.264 e. The number of fused-ring (bicyclic) bond motifs is 1. The lowest BCUT2D eigenvalue weighted by molar-refractivity contribution is -0.251. The molecule has 0 aromatic heterocycles. The van der Waals surface area contributed by atoms with Gasteiger partial charge < -0.3 is 19.1 Å². The van der Waals surface area contributed by atoms with E-state index in [9.17, 15) is 18.0 Å². The summed E-state index contributed by atoms with van der Waals surface area (Å²) in [6.45, 7) is 13.7. The van der Waals surface area contributed by atoms with Crippen LogP contribution in [-0.4, -0.2) is 77.4 Å². The monoisotopic (exact) mass is 660 g/mol. The Morgan fingerprint density at radius 1 is 1.29 bits per heavy atom. The number of hydrogen-bond donors (Lipinski definition) is 1. The zero-order valence-corrected chi connectivity index (χ0v) is 28.0. The fourth-order valence-electron chi connectivity index (χ4n) is 8.07. The summed E-state index contributed by atoms with van der Waals surface area (Å²) >= 11 is 6.63. The minimum Gasteiger partial charge on any atom is -0.490 e. The molecule has 3 fully saturated rings. The van der Waals surface area contributed by atoms with Gasteiger partial charge in [-0.1, -0.05) is 32.2 Å². The second kappa shape index (κ2) is 12.9. The van der Waals surface area contributed by atoms with Crippen molar-refractivity contribution >= 4 is 39.5 Å². The van der Waals surface area contributed by atoms with Crippen molar-refractivity contribution < 1.29 is 32.2 Å². The number of rotatable bonds is 9. The van der Waals surface area contributed by atoms with Gasteiger partial charge in [0.1, 0.15) is 18.0 Å². The number of halogens is 1. The first-order valence-electron chi connectivity index (χ1n) is 15.7. The molecule has 1 aromatic carbocycles. The van der Waals surface area contributed by atoms with Gasteiger partial charge in [0.05, 0.1) is 16.4 Å². The number of amides is 1. The maximum Gasteiger partial charge on any atom is 0.264 e. The third-order valence-corrected chi connectivity index (χ3v) is 13.0. The molecule has 3 aliphatic carbocycles. The van der Waals surface area contributed by atoms with Crippen molar-refractivity contribution in [2.24, 2.45) is 28.6 Å². The lowest BCUT2D eigenvalue weighted by Gasteiger charge is -2.72. The van der Waals surface area contributed by atoms with Crippen LogP contribution in [0.4, 0.5) is 5.69 Å². The molecule has 2 heterocycles. The number of methoxy groups -OCH3 is 1. The number of carbonyl (C=O) groups is 2. The average molecular weight is 661 g/mol. The summed E-state index contributed by atoms with van der Waals surface area (Å²) in [5.41, 5.74) is -0.420. The van der Waals surface area contributed by atoms with Crippen molar-refractivity contribution in [3.05, 3.63) is 60.7 Å². The van der Waals surface area contributed by atoms with Gasteiger partial charge in [-0.15, -0.1) is 11.6 Å². The molecular weight excluding hydrogens is 616 g/mol. The number of ether oxygens (including phenoxy) is 3. The summed E-state index contributed by atoms with van der Waals surface area (Å²) < 4.78 is 47.5. The highest BCUT2D eigenvalue weighted by atomic mass is 35.5. The van der Waals surface area contributed by atoms with E-state index < -0.39 is 32.2 Å². The summed E-state index contributed by atoms with van der Waals surface area (Å²) in [6, 6.07) is 4.97. The Kier molecular flexibility index (Phi) is 9.63. The van der Waals surface area contributed by atoms with Crippen LogP contribution in [0.5, 0.6) is 5.75 Å². The molecule has 3 saturated carbocycles. The zero-order valence-electron chi connectivity index (χ0n) is 26.4. The van der Waals surface area contributed by atoms with E-state index in [1.807, 2.05) is 26.0 Å². The SMILES string of the molecule is C=CC(=C)[C@]1(CCl)COc2ccc3cc2N(CC24CC(C2)[C@H]4[C@](C=O)(OCC)/C=C/C[C@H](C)[C@@H](CCOC)S(=O)(=O)NC3=O)C1. The molecule has 1 N–H and O–H groups in total. The highest BCUT2D eigenvalue weighted by Crippen LogP contribution is 2.72. The fourth-order valence-corrected chi connectivity index (χ4v) is 10.1. The Morgan fingerprint density at radius 3 is 2.64 bits per heavy atom. The van der Waals surface area contributed by atoms with Crippen LogP contribution in [0.2, 0.25) is 0 Å². The highest BCUT2D eigenvalue weighted by molar-refractivity contribution is 7.90. The Balaban J connectivity index is 1.65. The molecule has 5 atom stereocenters. The minimum absolute atomic E-state index is 0.0537. The number of alkyl halides is 1. The van der Waals surface area contributed by atoms with Gasteiger partial charge >= 0.3 is 0 Å². The molecular formula is C34H45ClN2O7S. The molecule has 9 nitrogen and oxygen atoms in total. The molecule has 6 rings (SSSR count). The van der Waals surface area contributed by atoms with Crippen LogP contribution in [0.3, 0.4) is 0 Å². The van der Waals surface area contributed by atoms with Crippen molar-refractivity contribution in [3.63, 3.8) is 0 Å². The van der Waals surface area contributed by atoms with E-state index in [-0.39, 0.29) is 48.3 Å². The molecule has 0 unspecified atom stereocenters. The largest absolute Gasteiger partial charge is 0.490 e. The Hall–Kier alpha value is -2.66. The average Bonchev–Trinajstić information content (AvgIpc) is 3.14. The summed E-state index contributed by atoms with van der Waals surface area (Å²) in [5, 5.41) is -0.907. The number of allylic oxidation sites excluding steroid dienone is 2. The molecule has 1 spiro atoms. The first kappa shape index (κ1) is 33.7. The summed E-state index contributed by atoms with van der Waals surface area (Å²) in [4.78, 5) is 28.7. The van der Waals surface area contributed by atoms with Gasteiger partial charge in [0.25, 0.3) is 5.91 Å². The fraction of sp³-hybridized carbons (Fsp3) is 0.588. The number of anilines is 1. The van der Waals surface area contributed by atoms with Gasteiger partial charge in [-0.25, -0.2) is 13.1 Å². The molecule has 45 heavy (non-hydrogen) atoms. The predicted octanol–water partition coefficient (Wildman–Crippen LogP) is 4.91. The number of hydrogen-bond acceptors (Lipinski definition) is 8. The van der Waals surface area contributed by atoms with Gasteiger partial charge in [0.2, 0.25) is 10.0 Å². The topological polar surface area (TPSA) is 111 Å². The van der Waals surface area contributed by atoms with Gasteiger partial charge in [-0.2, -0.15) is 0 Å². The van der Waals surface area contributed by atoms with Crippen molar-refractivity contribution in [1.82, 2.24) is 4.72 Å². The number of nitrogens with zero attached hydrogens (tertiary/aromatic N) is 1. The van der Waals surface area contributed by atoms with E-state index >= 15 is 0 Å². The molecule has 246 valence electrons. The zero-order chi connectivity index (χ0) is 32.6. The van der Waals surface area contributed by atoms with Crippen LogP contribution in [0, 0.1) is 28.6 Å². The first-order chi connectivity index (χ1) is 21.4. The first-order valence-corrected chi connectivity index (χ1v) is 17.7. The standard InChI is InChI=1S/C34H45ClN2O7S/c1-6-24(4)33(18-35)20-37-19-32-16-26(17-32)30(32)34(21-38,44-7-2)13-8-9-23(3)29(12-14-42-5)45(40,41)36-31(39)25-10-11-28(43-22-33)27(37)15-25/h6,8,10-11,13,15,21,23,26,29-30H,1,4,7,9,12,14,16-20,22H2,2-3,5H3,(H,36,39)/b13-8+/t23-,26?,29+,30+,32?,33-,34-/m0/s1. The van der Waals surface area contributed by atoms with Crippen LogP contribution >= 0.6 is 11.6 Å². The summed E-state index contributed by atoms with van der Waals surface area (Å²) in [5.74, 6) is -0.0181. The lowest BCUT2D eigenvalue weighted by atomic mass is 9.34. The van der Waals surface area contributed by atoms with E-state index in [0.717, 1.165) is 24.7 Å². The molecule has 0 saturated heterocycles. The Labute approximate surface area is 272 Å². The maximum absolute atomic E-state index is 13.7. The second-order valence-electron chi connectivity index (χ2n) is 13.3. The van der Waals surface area contributed by atoms with Crippen LogP contribution in [0.25, 0.3) is 0 Å². The number of nitrogens with one attached hydrogen (secondary N) is 1. The summed E-state index contributed by atoms with van der Waals surface area (Å²) in [7, 11) is -2.59. The van der Waals surface area contributed by atoms with E-state index in [1.54, 1.807) is 24.3 Å². The van der Waals surface area contributed by atoms with Gasteiger partial charge in [-0.3, -0.25) is 9.59 Å². The number of sulfonamides is 1. The minimum atomic E-state index is -4.10. The quantitative estimate of drug-likeness (QED) is 0.172. The third kappa shape index (κ3) is 5.88. The lowest BCUT2D eigenvalue weighted by Crippen LogP contribution is -2.73. The van der Waals surface area contributed by atoms with E-state index in [2.05, 4.69) is 22.8 Å². The third-order valence-electron chi connectivity index (χ3n) is 10.5.